The van der Waals surface area contributed by atoms with Crippen LogP contribution in [0, 0.1) is 17.1 Å². The second-order valence-electron chi connectivity index (χ2n) is 6.66. The van der Waals surface area contributed by atoms with Crippen molar-refractivity contribution in [1.82, 2.24) is 9.97 Å². The van der Waals surface area contributed by atoms with Crippen molar-refractivity contribution >= 4 is 17.5 Å². The summed E-state index contributed by atoms with van der Waals surface area (Å²) in [7, 11) is 0. The minimum absolute atomic E-state index is 0.379. The summed E-state index contributed by atoms with van der Waals surface area (Å²) in [4.78, 5) is 15.8. The number of aromatic nitrogens is 2. The van der Waals surface area contributed by atoms with Gasteiger partial charge in [-0.3, -0.25) is 0 Å². The molecule has 134 valence electrons. The number of hydrogen-bond acceptors (Lipinski definition) is 6. The van der Waals surface area contributed by atoms with Crippen molar-refractivity contribution in [2.24, 2.45) is 0 Å². The number of nitrogens with zero attached hydrogens (tertiary/aromatic N) is 6. The Labute approximate surface area is 152 Å². The summed E-state index contributed by atoms with van der Waals surface area (Å²) in [5.74, 6) is 1.38. The average Bonchev–Trinajstić information content (AvgIpc) is 3.23. The van der Waals surface area contributed by atoms with E-state index >= 15 is 0 Å². The van der Waals surface area contributed by atoms with Crippen LogP contribution in [0.3, 0.4) is 0 Å². The lowest BCUT2D eigenvalue weighted by molar-refractivity contribution is 0.622. The first-order valence-electron chi connectivity index (χ1n) is 9.02. The molecule has 2 saturated heterocycles. The molecule has 6 nitrogen and oxygen atoms in total. The molecule has 4 rings (SSSR count). The summed E-state index contributed by atoms with van der Waals surface area (Å²) in [5, 5.41) is 9.26. The van der Waals surface area contributed by atoms with Gasteiger partial charge < -0.3 is 14.7 Å². The highest BCUT2D eigenvalue weighted by atomic mass is 19.1. The molecular weight excluding hydrogens is 331 g/mol. The zero-order chi connectivity index (χ0) is 17.9. The SMILES string of the molecule is N#Cc1cc(F)ccc1N1CCN(c2nccc(N3CCCC3)n2)CC1. The third-order valence-corrected chi connectivity index (χ3v) is 5.04. The Bertz CT molecular complexity index is 819. The van der Waals surface area contributed by atoms with E-state index in [0.717, 1.165) is 56.7 Å². The van der Waals surface area contributed by atoms with Crippen LogP contribution in [0.4, 0.5) is 21.8 Å². The molecule has 2 aliphatic heterocycles. The summed E-state index contributed by atoms with van der Waals surface area (Å²) in [6.45, 7) is 5.16. The maximum atomic E-state index is 13.4. The highest BCUT2D eigenvalue weighted by Gasteiger charge is 2.22. The molecule has 0 spiro atoms. The number of nitriles is 1. The smallest absolute Gasteiger partial charge is 0.227 e. The van der Waals surface area contributed by atoms with Gasteiger partial charge in [-0.15, -0.1) is 0 Å². The van der Waals surface area contributed by atoms with Crippen molar-refractivity contribution in [1.29, 1.82) is 5.26 Å². The van der Waals surface area contributed by atoms with E-state index in [0.29, 0.717) is 5.56 Å². The van der Waals surface area contributed by atoms with Crippen molar-refractivity contribution in [3.63, 3.8) is 0 Å². The summed E-state index contributed by atoms with van der Waals surface area (Å²) < 4.78 is 13.4. The minimum atomic E-state index is -0.379. The molecule has 0 bridgehead atoms. The minimum Gasteiger partial charge on any atom is -0.367 e. The van der Waals surface area contributed by atoms with Crippen LogP contribution in [0.2, 0.25) is 0 Å². The predicted molar refractivity (Wildman–Crippen MR) is 99.0 cm³/mol. The summed E-state index contributed by atoms with van der Waals surface area (Å²) in [6.07, 6.45) is 4.27. The van der Waals surface area contributed by atoms with Crippen LogP contribution in [-0.2, 0) is 0 Å². The third kappa shape index (κ3) is 3.27. The maximum absolute atomic E-state index is 13.4. The van der Waals surface area contributed by atoms with E-state index in [2.05, 4.69) is 25.8 Å². The summed E-state index contributed by atoms with van der Waals surface area (Å²) in [6, 6.07) is 8.46. The molecule has 0 radical (unpaired) electrons. The van der Waals surface area contributed by atoms with E-state index in [-0.39, 0.29) is 5.82 Å². The van der Waals surface area contributed by atoms with Crippen molar-refractivity contribution in [2.75, 3.05) is 54.0 Å². The first kappa shape index (κ1) is 16.6. The second-order valence-corrected chi connectivity index (χ2v) is 6.66. The van der Waals surface area contributed by atoms with Crippen LogP contribution in [0.25, 0.3) is 0 Å². The van der Waals surface area contributed by atoms with Crippen molar-refractivity contribution in [3.05, 3.63) is 41.8 Å². The molecule has 0 saturated carbocycles. The van der Waals surface area contributed by atoms with Crippen LogP contribution in [0.5, 0.6) is 0 Å². The van der Waals surface area contributed by atoms with Crippen LogP contribution in [0.15, 0.2) is 30.5 Å². The standard InChI is InChI=1S/C19H21FN6/c20-16-3-4-17(15(13-16)14-21)24-9-11-26(12-10-24)19-22-6-5-18(23-19)25-7-1-2-8-25/h3-6,13H,1-2,7-12H2. The van der Waals surface area contributed by atoms with Gasteiger partial charge in [0.2, 0.25) is 5.95 Å². The fourth-order valence-electron chi connectivity index (χ4n) is 3.63. The van der Waals surface area contributed by atoms with E-state index in [9.17, 15) is 9.65 Å². The number of benzene rings is 1. The number of anilines is 3. The molecule has 0 atom stereocenters. The lowest BCUT2D eigenvalue weighted by atomic mass is 10.1. The van der Waals surface area contributed by atoms with Crippen molar-refractivity contribution in [3.8, 4) is 6.07 Å². The Morgan fingerprint density at radius 1 is 0.923 bits per heavy atom. The van der Waals surface area contributed by atoms with Gasteiger partial charge in [-0.1, -0.05) is 0 Å². The van der Waals surface area contributed by atoms with Crippen molar-refractivity contribution < 1.29 is 4.39 Å². The number of hydrogen-bond donors (Lipinski definition) is 0. The molecule has 0 amide bonds. The first-order valence-corrected chi connectivity index (χ1v) is 9.02. The zero-order valence-corrected chi connectivity index (χ0v) is 14.6. The van der Waals surface area contributed by atoms with E-state index in [1.807, 2.05) is 12.3 Å². The Hall–Kier alpha value is -2.88. The van der Waals surface area contributed by atoms with Crippen LogP contribution in [-0.4, -0.2) is 49.2 Å². The van der Waals surface area contributed by atoms with Crippen LogP contribution < -0.4 is 14.7 Å². The van der Waals surface area contributed by atoms with Gasteiger partial charge in [0, 0.05) is 45.5 Å². The molecule has 3 heterocycles. The molecule has 2 fully saturated rings. The fourth-order valence-corrected chi connectivity index (χ4v) is 3.63. The molecule has 2 aliphatic rings. The molecule has 1 aromatic heterocycles. The van der Waals surface area contributed by atoms with Gasteiger partial charge in [0.05, 0.1) is 11.3 Å². The van der Waals surface area contributed by atoms with E-state index in [1.54, 1.807) is 6.07 Å². The lowest BCUT2D eigenvalue weighted by Gasteiger charge is -2.36. The number of piperazine rings is 1. The largest absolute Gasteiger partial charge is 0.367 e. The number of halogens is 1. The molecular formula is C19H21FN6. The summed E-state index contributed by atoms with van der Waals surface area (Å²) in [5.41, 5.74) is 1.17. The average molecular weight is 352 g/mol. The normalized spacial score (nSPS) is 17.5. The topological polar surface area (TPSA) is 59.3 Å². The van der Waals surface area contributed by atoms with E-state index in [4.69, 9.17) is 4.98 Å². The van der Waals surface area contributed by atoms with Gasteiger partial charge in [-0.05, 0) is 37.1 Å². The van der Waals surface area contributed by atoms with Gasteiger partial charge >= 0.3 is 0 Å². The molecule has 1 aromatic carbocycles. The first-order chi connectivity index (χ1) is 12.7. The molecule has 0 aliphatic carbocycles. The predicted octanol–water partition coefficient (Wildman–Crippen LogP) is 2.41. The molecule has 0 N–H and O–H groups in total. The molecule has 7 heteroatoms. The molecule has 0 unspecified atom stereocenters. The number of rotatable bonds is 3. The monoisotopic (exact) mass is 352 g/mol. The van der Waals surface area contributed by atoms with Gasteiger partial charge in [0.1, 0.15) is 17.7 Å². The highest BCUT2D eigenvalue weighted by Crippen LogP contribution is 2.24. The second kappa shape index (κ2) is 7.16. The van der Waals surface area contributed by atoms with Gasteiger partial charge in [0.15, 0.2) is 0 Å². The summed E-state index contributed by atoms with van der Waals surface area (Å²) >= 11 is 0. The zero-order valence-electron chi connectivity index (χ0n) is 14.6. The van der Waals surface area contributed by atoms with Gasteiger partial charge in [-0.2, -0.15) is 10.2 Å². The third-order valence-electron chi connectivity index (χ3n) is 5.04. The Kier molecular flexibility index (Phi) is 4.57. The van der Waals surface area contributed by atoms with Crippen molar-refractivity contribution in [2.45, 2.75) is 12.8 Å². The van der Waals surface area contributed by atoms with Gasteiger partial charge in [0.25, 0.3) is 0 Å². The fraction of sp³-hybridized carbons (Fsp3) is 0.421. The van der Waals surface area contributed by atoms with Crippen LogP contribution >= 0.6 is 0 Å². The quantitative estimate of drug-likeness (QED) is 0.845. The Balaban J connectivity index is 1.46. The van der Waals surface area contributed by atoms with Crippen LogP contribution in [0.1, 0.15) is 18.4 Å². The van der Waals surface area contributed by atoms with E-state index < -0.39 is 0 Å². The lowest BCUT2D eigenvalue weighted by Crippen LogP contribution is -2.47. The maximum Gasteiger partial charge on any atom is 0.227 e. The Morgan fingerprint density at radius 2 is 1.65 bits per heavy atom. The van der Waals surface area contributed by atoms with Gasteiger partial charge in [-0.25, -0.2) is 9.37 Å². The molecule has 2 aromatic rings. The molecule has 26 heavy (non-hydrogen) atoms. The Morgan fingerprint density at radius 3 is 2.38 bits per heavy atom. The van der Waals surface area contributed by atoms with E-state index in [1.165, 1.54) is 25.0 Å². The highest BCUT2D eigenvalue weighted by molar-refractivity contribution is 5.60.